The van der Waals surface area contributed by atoms with E-state index in [2.05, 4.69) is 4.98 Å². The largest absolute Gasteiger partial charge is 0.347 e. The molecule has 0 fully saturated rings. The maximum Gasteiger partial charge on any atom is 0.124 e. The Morgan fingerprint density at radius 3 is 2.56 bits per heavy atom. The van der Waals surface area contributed by atoms with Gasteiger partial charge in [-0.3, -0.25) is 5.41 Å². The third-order valence-corrected chi connectivity index (χ3v) is 1.06. The number of rotatable bonds is 0. The number of halogens is 1. The van der Waals surface area contributed by atoms with E-state index in [-0.39, 0.29) is 24.0 Å². The summed E-state index contributed by atoms with van der Waals surface area (Å²) < 4.78 is 0. The fourth-order valence-electron chi connectivity index (χ4n) is 0.521. The molecule has 0 radical (unpaired) electrons. The molecule has 0 aliphatic rings. The zero-order valence-corrected chi connectivity index (χ0v) is 7.47. The van der Waals surface area contributed by atoms with Crippen LogP contribution < -0.4 is 5.49 Å². The van der Waals surface area contributed by atoms with Gasteiger partial charge in [0.25, 0.3) is 0 Å². The maximum absolute atomic E-state index is 7.16. The molecule has 0 atom stereocenters. The molecule has 0 aromatic carbocycles. The van der Waals surface area contributed by atoms with Crippen LogP contribution in [0, 0.1) is 12.3 Å². The second kappa shape index (κ2) is 3.66. The van der Waals surface area contributed by atoms with Gasteiger partial charge in [-0.15, -0.1) is 24.0 Å². The normalized spacial score (nSPS) is 8.11. The number of aromatic nitrogens is 1. The lowest BCUT2D eigenvalue weighted by Gasteiger charge is -1.86. The number of aromatic amines is 1. The molecule has 0 saturated heterocycles. The molecule has 0 aliphatic carbocycles. The molecule has 0 unspecified atom stereocenters. The molecule has 1 aromatic heterocycles. The van der Waals surface area contributed by atoms with E-state index in [0.29, 0.717) is 5.49 Å². The standard InChI is InChI=1S/C6H8N2.HI/c1-5-3-2-4-8-6(5)7;/h2-4H,1H3,(H2,7,8);1H. The first-order valence-electron chi connectivity index (χ1n) is 2.49. The van der Waals surface area contributed by atoms with Crippen LogP contribution >= 0.6 is 24.0 Å². The Morgan fingerprint density at radius 1 is 1.56 bits per heavy atom. The molecule has 9 heavy (non-hydrogen) atoms. The molecule has 3 heteroatoms. The zero-order valence-electron chi connectivity index (χ0n) is 5.14. The van der Waals surface area contributed by atoms with Crippen LogP contribution in [0.1, 0.15) is 5.56 Å². The highest BCUT2D eigenvalue weighted by Gasteiger charge is 1.79. The minimum atomic E-state index is 0. The third kappa shape index (κ3) is 2.17. The lowest BCUT2D eigenvalue weighted by Crippen LogP contribution is -2.06. The highest BCUT2D eigenvalue weighted by molar-refractivity contribution is 14.0. The molecule has 50 valence electrons. The van der Waals surface area contributed by atoms with Crippen LogP contribution in [0.2, 0.25) is 0 Å². The summed E-state index contributed by atoms with van der Waals surface area (Å²) in [5.41, 5.74) is 1.47. The van der Waals surface area contributed by atoms with Gasteiger partial charge >= 0.3 is 0 Å². The van der Waals surface area contributed by atoms with Crippen molar-refractivity contribution in [2.24, 2.45) is 0 Å². The molecule has 0 amide bonds. The number of hydrogen-bond acceptors (Lipinski definition) is 1. The van der Waals surface area contributed by atoms with Crippen molar-refractivity contribution in [1.82, 2.24) is 4.98 Å². The van der Waals surface area contributed by atoms with Crippen LogP contribution in [0.4, 0.5) is 0 Å². The highest BCUT2D eigenvalue weighted by Crippen LogP contribution is 1.80. The van der Waals surface area contributed by atoms with E-state index in [0.717, 1.165) is 5.56 Å². The fraction of sp³-hybridized carbons (Fsp3) is 0.167. The van der Waals surface area contributed by atoms with Crippen LogP contribution in [-0.2, 0) is 0 Å². The predicted octanol–water partition coefficient (Wildman–Crippen LogP) is 1.42. The molecule has 1 heterocycles. The number of aryl methyl sites for hydroxylation is 1. The minimum Gasteiger partial charge on any atom is -0.347 e. The van der Waals surface area contributed by atoms with Crippen molar-refractivity contribution in [1.29, 1.82) is 5.41 Å². The van der Waals surface area contributed by atoms with Gasteiger partial charge in [0, 0.05) is 6.20 Å². The van der Waals surface area contributed by atoms with Crippen molar-refractivity contribution in [3.8, 4) is 0 Å². The summed E-state index contributed by atoms with van der Waals surface area (Å²) in [6, 6.07) is 3.78. The van der Waals surface area contributed by atoms with Gasteiger partial charge < -0.3 is 4.98 Å². The Balaban J connectivity index is 0.000000640. The summed E-state index contributed by atoms with van der Waals surface area (Å²) in [4.78, 5) is 2.77. The molecule has 2 N–H and O–H groups in total. The van der Waals surface area contributed by atoms with E-state index in [1.165, 1.54) is 0 Å². The fourth-order valence-corrected chi connectivity index (χ4v) is 0.521. The topological polar surface area (TPSA) is 39.6 Å². The van der Waals surface area contributed by atoms with E-state index in [1.807, 2.05) is 19.1 Å². The average molecular weight is 236 g/mol. The number of pyridine rings is 1. The van der Waals surface area contributed by atoms with Crippen molar-refractivity contribution in [3.05, 3.63) is 29.4 Å². The van der Waals surface area contributed by atoms with Gasteiger partial charge in [0.1, 0.15) is 5.49 Å². The summed E-state index contributed by atoms with van der Waals surface area (Å²) in [5, 5.41) is 7.16. The zero-order chi connectivity index (χ0) is 5.98. The van der Waals surface area contributed by atoms with E-state index >= 15 is 0 Å². The van der Waals surface area contributed by atoms with Crippen molar-refractivity contribution < 1.29 is 0 Å². The molecule has 2 nitrogen and oxygen atoms in total. The van der Waals surface area contributed by atoms with E-state index < -0.39 is 0 Å². The number of hydrogen-bond donors (Lipinski definition) is 2. The van der Waals surface area contributed by atoms with E-state index in [9.17, 15) is 0 Å². The average Bonchev–Trinajstić information content (AvgIpc) is 1.77. The van der Waals surface area contributed by atoms with Gasteiger partial charge in [0.2, 0.25) is 0 Å². The van der Waals surface area contributed by atoms with Gasteiger partial charge in [-0.2, -0.15) is 0 Å². The van der Waals surface area contributed by atoms with Crippen molar-refractivity contribution in [3.63, 3.8) is 0 Å². The molecule has 0 bridgehead atoms. The summed E-state index contributed by atoms with van der Waals surface area (Å²) >= 11 is 0. The smallest absolute Gasteiger partial charge is 0.124 e. The second-order valence-corrected chi connectivity index (χ2v) is 1.73. The Hall–Kier alpha value is -0.320. The summed E-state index contributed by atoms with van der Waals surface area (Å²) in [6.07, 6.45) is 1.75. The molecular formula is C6H9IN2. The molecule has 1 rings (SSSR count). The summed E-state index contributed by atoms with van der Waals surface area (Å²) in [5.74, 6) is 0. The van der Waals surface area contributed by atoms with Crippen LogP contribution in [0.15, 0.2) is 18.3 Å². The van der Waals surface area contributed by atoms with Crippen LogP contribution in [-0.4, -0.2) is 4.98 Å². The third-order valence-electron chi connectivity index (χ3n) is 1.06. The predicted molar refractivity (Wildman–Crippen MR) is 46.8 cm³/mol. The van der Waals surface area contributed by atoms with E-state index in [1.54, 1.807) is 6.20 Å². The summed E-state index contributed by atoms with van der Waals surface area (Å²) in [7, 11) is 0. The number of nitrogens with one attached hydrogen (secondary N) is 2. The molecule has 0 aliphatic heterocycles. The van der Waals surface area contributed by atoms with Crippen LogP contribution in [0.5, 0.6) is 0 Å². The first kappa shape index (κ1) is 8.68. The first-order valence-corrected chi connectivity index (χ1v) is 2.49. The SMILES string of the molecule is Cc1ccc[nH]c1=N.I. The van der Waals surface area contributed by atoms with Crippen LogP contribution in [0.3, 0.4) is 0 Å². The molecule has 1 aromatic rings. The van der Waals surface area contributed by atoms with Gasteiger partial charge in [0.05, 0.1) is 0 Å². The molecular weight excluding hydrogens is 227 g/mol. The van der Waals surface area contributed by atoms with Gasteiger partial charge in [-0.1, -0.05) is 6.07 Å². The monoisotopic (exact) mass is 236 g/mol. The lowest BCUT2D eigenvalue weighted by atomic mass is 10.3. The Morgan fingerprint density at radius 2 is 2.22 bits per heavy atom. The van der Waals surface area contributed by atoms with E-state index in [4.69, 9.17) is 5.41 Å². The lowest BCUT2D eigenvalue weighted by molar-refractivity contribution is 1.06. The molecule has 0 spiro atoms. The highest BCUT2D eigenvalue weighted by atomic mass is 127. The van der Waals surface area contributed by atoms with Crippen molar-refractivity contribution >= 4 is 24.0 Å². The second-order valence-electron chi connectivity index (χ2n) is 1.73. The van der Waals surface area contributed by atoms with Gasteiger partial charge in [-0.05, 0) is 18.6 Å². The van der Waals surface area contributed by atoms with Gasteiger partial charge in [-0.25, -0.2) is 0 Å². The maximum atomic E-state index is 7.16. The van der Waals surface area contributed by atoms with Crippen molar-refractivity contribution in [2.45, 2.75) is 6.92 Å². The molecule has 0 saturated carbocycles. The van der Waals surface area contributed by atoms with Crippen LogP contribution in [0.25, 0.3) is 0 Å². The number of H-pyrrole nitrogens is 1. The quantitative estimate of drug-likeness (QED) is 0.639. The Bertz CT molecular complexity index is 228. The van der Waals surface area contributed by atoms with Gasteiger partial charge in [0.15, 0.2) is 0 Å². The minimum absolute atomic E-state index is 0. The first-order chi connectivity index (χ1) is 3.80. The Kier molecular flexibility index (Phi) is 3.53. The Labute approximate surface area is 70.8 Å². The van der Waals surface area contributed by atoms with Crippen molar-refractivity contribution in [2.75, 3.05) is 0 Å². The summed E-state index contributed by atoms with van der Waals surface area (Å²) in [6.45, 7) is 1.90.